The predicted molar refractivity (Wildman–Crippen MR) is 135 cm³/mol. The molecule has 2 aromatic carbocycles. The van der Waals surface area contributed by atoms with Crippen LogP contribution in [0, 0.1) is 0 Å². The lowest BCUT2D eigenvalue weighted by Crippen LogP contribution is -2.49. The maximum atomic E-state index is 13.5. The van der Waals surface area contributed by atoms with Gasteiger partial charge in [0.1, 0.15) is 16.7 Å². The molecule has 194 valence electrons. The Hall–Kier alpha value is -3.40. The molecule has 1 N–H and O–H groups in total. The molecule has 1 unspecified atom stereocenters. The van der Waals surface area contributed by atoms with E-state index < -0.39 is 27.9 Å². The van der Waals surface area contributed by atoms with Gasteiger partial charge in [-0.2, -0.15) is 0 Å². The summed E-state index contributed by atoms with van der Waals surface area (Å²) in [5.41, 5.74) is 0.861. The predicted octanol–water partition coefficient (Wildman–Crippen LogP) is 2.95. The van der Waals surface area contributed by atoms with Crippen LogP contribution in [0.4, 0.5) is 0 Å². The number of sulfonamides is 1. The Morgan fingerprint density at radius 1 is 1.11 bits per heavy atom. The molecule has 0 radical (unpaired) electrons. The molecular formula is C26H33N3O6S. The summed E-state index contributed by atoms with van der Waals surface area (Å²) in [6.07, 6.45) is 1.87. The van der Waals surface area contributed by atoms with Gasteiger partial charge in [-0.1, -0.05) is 44.5 Å². The number of nitrogens with zero attached hydrogens (tertiary/aromatic N) is 2. The number of amides is 3. The first-order chi connectivity index (χ1) is 17.2. The Labute approximate surface area is 212 Å². The van der Waals surface area contributed by atoms with Crippen molar-refractivity contribution in [3.05, 3.63) is 59.7 Å². The lowest BCUT2D eigenvalue weighted by atomic mass is 10.1. The Kier molecular flexibility index (Phi) is 9.08. The van der Waals surface area contributed by atoms with Gasteiger partial charge >= 0.3 is 0 Å². The second-order valence-electron chi connectivity index (χ2n) is 8.57. The summed E-state index contributed by atoms with van der Waals surface area (Å²) >= 11 is 0. The summed E-state index contributed by atoms with van der Waals surface area (Å²) in [4.78, 5) is 40.6. The van der Waals surface area contributed by atoms with Crippen LogP contribution in [0.1, 0.15) is 55.5 Å². The lowest BCUT2D eigenvalue weighted by molar-refractivity contribution is -0.141. The molecule has 0 aromatic heterocycles. The molecular weight excluding hydrogens is 482 g/mol. The zero-order chi connectivity index (χ0) is 26.3. The highest BCUT2D eigenvalue weighted by Gasteiger charge is 2.41. The topological polar surface area (TPSA) is 113 Å². The molecule has 0 saturated carbocycles. The number of unbranched alkanes of at least 4 members (excludes halogenated alkanes) is 1. The van der Waals surface area contributed by atoms with Gasteiger partial charge in [0, 0.05) is 26.1 Å². The van der Waals surface area contributed by atoms with Crippen LogP contribution in [0.3, 0.4) is 0 Å². The number of rotatable bonds is 12. The molecule has 0 aliphatic carbocycles. The summed E-state index contributed by atoms with van der Waals surface area (Å²) in [7, 11) is -2.48. The fourth-order valence-corrected chi connectivity index (χ4v) is 5.76. The van der Waals surface area contributed by atoms with Gasteiger partial charge in [-0.15, -0.1) is 0 Å². The van der Waals surface area contributed by atoms with Crippen molar-refractivity contribution in [1.82, 2.24) is 14.5 Å². The van der Waals surface area contributed by atoms with Crippen LogP contribution in [0.25, 0.3) is 0 Å². The van der Waals surface area contributed by atoms with Crippen LogP contribution >= 0.6 is 0 Å². The normalized spacial score (nSPS) is 14.8. The maximum absolute atomic E-state index is 13.5. The zero-order valence-corrected chi connectivity index (χ0v) is 21.7. The second kappa shape index (κ2) is 12.0. The lowest BCUT2D eigenvalue weighted by Gasteiger charge is -2.31. The van der Waals surface area contributed by atoms with Gasteiger partial charge in [0.05, 0.1) is 12.7 Å². The van der Waals surface area contributed by atoms with Crippen molar-refractivity contribution in [2.75, 3.05) is 20.2 Å². The van der Waals surface area contributed by atoms with E-state index in [-0.39, 0.29) is 35.9 Å². The van der Waals surface area contributed by atoms with Crippen molar-refractivity contribution in [3.8, 4) is 5.75 Å². The molecule has 9 nitrogen and oxygen atoms in total. The molecule has 1 aliphatic heterocycles. The van der Waals surface area contributed by atoms with E-state index in [9.17, 15) is 22.8 Å². The van der Waals surface area contributed by atoms with Crippen LogP contribution in [-0.4, -0.2) is 61.6 Å². The molecule has 1 atom stereocenters. The molecule has 0 saturated heterocycles. The number of nitrogens with one attached hydrogen (secondary N) is 1. The van der Waals surface area contributed by atoms with E-state index in [4.69, 9.17) is 4.74 Å². The first-order valence-corrected chi connectivity index (χ1v) is 13.5. The first kappa shape index (κ1) is 27.2. The standard InChI is InChI=1S/C26H33N3O6S/c1-4-6-15-27-25(31)22(5-2)28(18-19-10-9-11-20(17-19)35-3)24(30)14-16-29-26(32)21-12-7-8-13-23(21)36(29,33)34/h7-13,17,22H,4-6,14-16,18H2,1-3H3,(H,27,31). The largest absolute Gasteiger partial charge is 0.497 e. The Bertz CT molecular complexity index is 1210. The van der Waals surface area contributed by atoms with Gasteiger partial charge in [0.2, 0.25) is 11.8 Å². The molecule has 1 aliphatic rings. The highest BCUT2D eigenvalue weighted by Crippen LogP contribution is 2.30. The SMILES string of the molecule is CCCCNC(=O)C(CC)N(Cc1cccc(OC)c1)C(=O)CCN1C(=O)c2ccccc2S1(=O)=O. The quantitative estimate of drug-likeness (QED) is 0.435. The number of carbonyl (C=O) groups excluding carboxylic acids is 3. The number of benzene rings is 2. The molecule has 3 amide bonds. The molecule has 36 heavy (non-hydrogen) atoms. The Balaban J connectivity index is 1.82. The average Bonchev–Trinajstić information content (AvgIpc) is 3.07. The maximum Gasteiger partial charge on any atom is 0.269 e. The minimum atomic E-state index is -4.02. The molecule has 1 heterocycles. The summed E-state index contributed by atoms with van der Waals surface area (Å²) < 4.78 is 31.8. The number of ether oxygens (including phenoxy) is 1. The number of hydrogen-bond donors (Lipinski definition) is 1. The van der Waals surface area contributed by atoms with Gasteiger partial charge in [-0.25, -0.2) is 12.7 Å². The number of fused-ring (bicyclic) bond motifs is 1. The number of carbonyl (C=O) groups is 3. The summed E-state index contributed by atoms with van der Waals surface area (Å²) in [6, 6.07) is 12.4. The highest BCUT2D eigenvalue weighted by molar-refractivity contribution is 7.90. The molecule has 0 bridgehead atoms. The third-order valence-electron chi connectivity index (χ3n) is 6.14. The summed E-state index contributed by atoms with van der Waals surface area (Å²) in [5.74, 6) is -0.720. The highest BCUT2D eigenvalue weighted by atomic mass is 32.2. The third kappa shape index (κ3) is 5.87. The van der Waals surface area contributed by atoms with E-state index >= 15 is 0 Å². The summed E-state index contributed by atoms with van der Waals surface area (Å²) in [5, 5.41) is 2.89. The zero-order valence-electron chi connectivity index (χ0n) is 20.9. The van der Waals surface area contributed by atoms with Crippen molar-refractivity contribution in [3.63, 3.8) is 0 Å². The Morgan fingerprint density at radius 2 is 1.86 bits per heavy atom. The number of methoxy groups -OCH3 is 1. The van der Waals surface area contributed by atoms with Crippen molar-refractivity contribution in [1.29, 1.82) is 0 Å². The monoisotopic (exact) mass is 515 g/mol. The van der Waals surface area contributed by atoms with Crippen molar-refractivity contribution in [2.24, 2.45) is 0 Å². The third-order valence-corrected chi connectivity index (χ3v) is 7.98. The fourth-order valence-electron chi connectivity index (χ4n) is 4.19. The van der Waals surface area contributed by atoms with Crippen molar-refractivity contribution in [2.45, 2.75) is 57.0 Å². The van der Waals surface area contributed by atoms with Gasteiger partial charge in [0.15, 0.2) is 0 Å². The van der Waals surface area contributed by atoms with Gasteiger partial charge < -0.3 is 15.0 Å². The summed E-state index contributed by atoms with van der Waals surface area (Å²) in [6.45, 7) is 4.18. The van der Waals surface area contributed by atoms with Gasteiger partial charge in [-0.3, -0.25) is 14.4 Å². The van der Waals surface area contributed by atoms with Crippen LogP contribution in [0.5, 0.6) is 5.75 Å². The van der Waals surface area contributed by atoms with Crippen LogP contribution < -0.4 is 10.1 Å². The number of hydrogen-bond acceptors (Lipinski definition) is 6. The minimum Gasteiger partial charge on any atom is -0.497 e. The van der Waals surface area contributed by atoms with Crippen LogP contribution in [0.2, 0.25) is 0 Å². The average molecular weight is 516 g/mol. The molecule has 3 rings (SSSR count). The molecule has 0 fully saturated rings. The first-order valence-electron chi connectivity index (χ1n) is 12.1. The van der Waals surface area contributed by atoms with E-state index in [1.165, 1.54) is 17.0 Å². The smallest absolute Gasteiger partial charge is 0.269 e. The van der Waals surface area contributed by atoms with E-state index in [0.29, 0.717) is 18.7 Å². The van der Waals surface area contributed by atoms with E-state index in [1.807, 2.05) is 19.9 Å². The van der Waals surface area contributed by atoms with Crippen molar-refractivity contribution < 1.29 is 27.5 Å². The molecule has 10 heteroatoms. The van der Waals surface area contributed by atoms with Crippen LogP contribution in [0.15, 0.2) is 53.4 Å². The van der Waals surface area contributed by atoms with E-state index in [2.05, 4.69) is 5.32 Å². The molecule has 0 spiro atoms. The second-order valence-corrected chi connectivity index (χ2v) is 10.4. The van der Waals surface area contributed by atoms with Crippen molar-refractivity contribution >= 4 is 27.7 Å². The minimum absolute atomic E-state index is 0.0579. The van der Waals surface area contributed by atoms with Gasteiger partial charge in [-0.05, 0) is 42.7 Å². The van der Waals surface area contributed by atoms with Gasteiger partial charge in [0.25, 0.3) is 15.9 Å². The fraction of sp³-hybridized carbons (Fsp3) is 0.423. The molecule has 2 aromatic rings. The Morgan fingerprint density at radius 3 is 2.53 bits per heavy atom. The van der Waals surface area contributed by atoms with Crippen LogP contribution in [-0.2, 0) is 26.2 Å². The van der Waals surface area contributed by atoms with E-state index in [0.717, 1.165) is 22.7 Å². The van der Waals surface area contributed by atoms with E-state index in [1.54, 1.807) is 37.4 Å².